The predicted octanol–water partition coefficient (Wildman–Crippen LogP) is 3.56. The first-order chi connectivity index (χ1) is 12.4. The van der Waals surface area contributed by atoms with E-state index >= 15 is 0 Å². The molecule has 1 atom stereocenters. The van der Waals surface area contributed by atoms with Crippen molar-refractivity contribution in [3.63, 3.8) is 0 Å². The second-order valence-electron chi connectivity index (χ2n) is 7.07. The van der Waals surface area contributed by atoms with Crippen LogP contribution in [0.5, 0.6) is 5.75 Å². The average Bonchev–Trinajstić information content (AvgIpc) is 2.96. The normalized spacial score (nSPS) is 17.1. The minimum atomic E-state index is -1.17. The number of aromatic amines is 1. The standard InChI is InChI=1S/C20H25NO5/c1-3-20(4-2,26-19(25)11-18(23)24)12-5-7-14-15-10-13(22)6-8-16(15)21-17(14)9-12/h6,8,10,12,21-22H,3-5,7,9,11H2,1-2H3,(H,23,24). The van der Waals surface area contributed by atoms with Crippen LogP contribution < -0.4 is 0 Å². The Morgan fingerprint density at radius 1 is 1.31 bits per heavy atom. The van der Waals surface area contributed by atoms with E-state index in [4.69, 9.17) is 9.84 Å². The Morgan fingerprint density at radius 3 is 2.69 bits per heavy atom. The fourth-order valence-electron chi connectivity index (χ4n) is 4.31. The number of phenols is 1. The second kappa shape index (κ2) is 7.02. The molecule has 0 saturated carbocycles. The van der Waals surface area contributed by atoms with E-state index in [-0.39, 0.29) is 11.7 Å². The fourth-order valence-corrected chi connectivity index (χ4v) is 4.31. The summed E-state index contributed by atoms with van der Waals surface area (Å²) in [7, 11) is 0. The zero-order chi connectivity index (χ0) is 18.9. The molecule has 1 unspecified atom stereocenters. The van der Waals surface area contributed by atoms with E-state index in [2.05, 4.69) is 4.98 Å². The molecular formula is C20H25NO5. The summed E-state index contributed by atoms with van der Waals surface area (Å²) in [5.41, 5.74) is 2.67. The van der Waals surface area contributed by atoms with Crippen molar-refractivity contribution >= 4 is 22.8 Å². The van der Waals surface area contributed by atoms with Gasteiger partial charge in [0.1, 0.15) is 17.8 Å². The Balaban J connectivity index is 1.87. The van der Waals surface area contributed by atoms with E-state index in [9.17, 15) is 14.7 Å². The number of nitrogens with one attached hydrogen (secondary N) is 1. The van der Waals surface area contributed by atoms with Crippen molar-refractivity contribution in [3.8, 4) is 5.75 Å². The van der Waals surface area contributed by atoms with Gasteiger partial charge in [0.25, 0.3) is 0 Å². The molecule has 0 fully saturated rings. The number of carbonyl (C=O) groups excluding carboxylic acids is 1. The predicted molar refractivity (Wildman–Crippen MR) is 97.1 cm³/mol. The number of ether oxygens (including phenoxy) is 1. The zero-order valence-corrected chi connectivity index (χ0v) is 15.2. The van der Waals surface area contributed by atoms with E-state index in [1.54, 1.807) is 12.1 Å². The summed E-state index contributed by atoms with van der Waals surface area (Å²) < 4.78 is 5.72. The number of hydrogen-bond acceptors (Lipinski definition) is 4. The maximum Gasteiger partial charge on any atom is 0.317 e. The summed E-state index contributed by atoms with van der Waals surface area (Å²) in [6.45, 7) is 3.96. The number of phenolic OH excluding ortho intramolecular Hbond substituents is 1. The molecule has 0 bridgehead atoms. The van der Waals surface area contributed by atoms with Crippen LogP contribution in [-0.4, -0.2) is 32.7 Å². The van der Waals surface area contributed by atoms with Gasteiger partial charge in [0.05, 0.1) is 0 Å². The lowest BCUT2D eigenvalue weighted by Gasteiger charge is -2.41. The summed E-state index contributed by atoms with van der Waals surface area (Å²) in [6.07, 6.45) is 3.13. The largest absolute Gasteiger partial charge is 0.508 e. The third kappa shape index (κ3) is 3.28. The molecule has 6 nitrogen and oxygen atoms in total. The molecule has 0 radical (unpaired) electrons. The first-order valence-corrected chi connectivity index (χ1v) is 9.14. The van der Waals surface area contributed by atoms with Gasteiger partial charge in [-0.25, -0.2) is 0 Å². The SMILES string of the molecule is CCC(CC)(OC(=O)CC(=O)O)C1CCc2c([nH]c3ccc(O)cc23)C1. The summed E-state index contributed by atoms with van der Waals surface area (Å²) >= 11 is 0. The highest BCUT2D eigenvalue weighted by atomic mass is 16.6. The highest BCUT2D eigenvalue weighted by Crippen LogP contribution is 2.41. The molecule has 0 aliphatic heterocycles. The van der Waals surface area contributed by atoms with Gasteiger partial charge in [0, 0.05) is 22.5 Å². The molecule has 0 saturated heterocycles. The Hall–Kier alpha value is -2.50. The summed E-state index contributed by atoms with van der Waals surface area (Å²) in [4.78, 5) is 26.3. The minimum absolute atomic E-state index is 0.129. The zero-order valence-electron chi connectivity index (χ0n) is 15.2. The molecule has 0 spiro atoms. The number of aromatic hydroxyl groups is 1. The minimum Gasteiger partial charge on any atom is -0.508 e. The summed E-state index contributed by atoms with van der Waals surface area (Å²) in [6, 6.07) is 5.32. The molecule has 6 heteroatoms. The number of carboxylic acids is 1. The van der Waals surface area contributed by atoms with Crippen LogP contribution in [0.2, 0.25) is 0 Å². The van der Waals surface area contributed by atoms with Gasteiger partial charge >= 0.3 is 11.9 Å². The van der Waals surface area contributed by atoms with Crippen molar-refractivity contribution in [1.29, 1.82) is 0 Å². The Bertz CT molecular complexity index is 834. The van der Waals surface area contributed by atoms with Crippen molar-refractivity contribution in [2.24, 2.45) is 5.92 Å². The van der Waals surface area contributed by atoms with Crippen LogP contribution in [-0.2, 0) is 27.2 Å². The van der Waals surface area contributed by atoms with Gasteiger partial charge < -0.3 is 19.9 Å². The van der Waals surface area contributed by atoms with Crippen LogP contribution in [0.3, 0.4) is 0 Å². The summed E-state index contributed by atoms with van der Waals surface area (Å²) in [5, 5.41) is 19.6. The Morgan fingerprint density at radius 2 is 2.04 bits per heavy atom. The number of hydrogen-bond donors (Lipinski definition) is 3. The monoisotopic (exact) mass is 359 g/mol. The van der Waals surface area contributed by atoms with Gasteiger partial charge in [-0.05, 0) is 55.9 Å². The van der Waals surface area contributed by atoms with Gasteiger partial charge in [0.2, 0.25) is 0 Å². The Labute approximate surface area is 152 Å². The highest BCUT2D eigenvalue weighted by Gasteiger charge is 2.41. The van der Waals surface area contributed by atoms with E-state index in [0.717, 1.165) is 35.9 Å². The third-order valence-corrected chi connectivity index (χ3v) is 5.73. The molecule has 1 aromatic heterocycles. The van der Waals surface area contributed by atoms with Gasteiger partial charge in [-0.3, -0.25) is 9.59 Å². The van der Waals surface area contributed by atoms with Gasteiger partial charge in [-0.2, -0.15) is 0 Å². The van der Waals surface area contributed by atoms with Crippen LogP contribution in [0, 0.1) is 5.92 Å². The molecule has 140 valence electrons. The number of H-pyrrole nitrogens is 1. The summed E-state index contributed by atoms with van der Waals surface area (Å²) in [5.74, 6) is -1.46. The molecule has 26 heavy (non-hydrogen) atoms. The molecule has 0 amide bonds. The topological polar surface area (TPSA) is 99.6 Å². The average molecular weight is 359 g/mol. The van der Waals surface area contributed by atoms with Crippen LogP contribution >= 0.6 is 0 Å². The number of carbonyl (C=O) groups is 2. The van der Waals surface area contributed by atoms with Crippen LogP contribution in [0.4, 0.5) is 0 Å². The van der Waals surface area contributed by atoms with Crippen molar-refractivity contribution < 1.29 is 24.5 Å². The number of carboxylic acid groups (broad SMARTS) is 1. The number of esters is 1. The molecule has 1 aliphatic carbocycles. The van der Waals surface area contributed by atoms with E-state index in [1.807, 2.05) is 19.9 Å². The molecule has 1 aromatic carbocycles. The maximum absolute atomic E-state index is 12.0. The molecule has 1 heterocycles. The van der Waals surface area contributed by atoms with E-state index < -0.39 is 24.0 Å². The lowest BCUT2D eigenvalue weighted by molar-refractivity contribution is -0.171. The van der Waals surface area contributed by atoms with Crippen LogP contribution in [0.1, 0.15) is 50.8 Å². The van der Waals surface area contributed by atoms with Crippen molar-refractivity contribution in [3.05, 3.63) is 29.5 Å². The lowest BCUT2D eigenvalue weighted by Crippen LogP contribution is -2.44. The van der Waals surface area contributed by atoms with Crippen molar-refractivity contribution in [1.82, 2.24) is 4.98 Å². The maximum atomic E-state index is 12.0. The first-order valence-electron chi connectivity index (χ1n) is 9.14. The van der Waals surface area contributed by atoms with Gasteiger partial charge in [0.15, 0.2) is 0 Å². The van der Waals surface area contributed by atoms with E-state index in [1.165, 1.54) is 5.56 Å². The Kier molecular flexibility index (Phi) is 4.94. The fraction of sp³-hybridized carbons (Fsp3) is 0.500. The third-order valence-electron chi connectivity index (χ3n) is 5.73. The first kappa shape index (κ1) is 18.3. The number of rotatable bonds is 6. The molecule has 3 rings (SSSR count). The number of benzene rings is 1. The number of aromatic nitrogens is 1. The number of fused-ring (bicyclic) bond motifs is 3. The highest BCUT2D eigenvalue weighted by molar-refractivity contribution is 5.90. The second-order valence-corrected chi connectivity index (χ2v) is 7.07. The molecule has 1 aliphatic rings. The smallest absolute Gasteiger partial charge is 0.317 e. The van der Waals surface area contributed by atoms with E-state index in [0.29, 0.717) is 12.8 Å². The molecule has 2 aromatic rings. The molecular weight excluding hydrogens is 334 g/mol. The lowest BCUT2D eigenvalue weighted by atomic mass is 9.73. The van der Waals surface area contributed by atoms with Gasteiger partial charge in [-0.15, -0.1) is 0 Å². The van der Waals surface area contributed by atoms with Gasteiger partial charge in [-0.1, -0.05) is 13.8 Å². The molecule has 3 N–H and O–H groups in total. The van der Waals surface area contributed by atoms with Crippen LogP contribution in [0.15, 0.2) is 18.2 Å². The van der Waals surface area contributed by atoms with Crippen molar-refractivity contribution in [2.45, 2.75) is 58.0 Å². The van der Waals surface area contributed by atoms with Crippen molar-refractivity contribution in [2.75, 3.05) is 0 Å². The number of aryl methyl sites for hydroxylation is 1. The number of aliphatic carboxylic acids is 1. The van der Waals surface area contributed by atoms with Crippen LogP contribution in [0.25, 0.3) is 10.9 Å². The quantitative estimate of drug-likeness (QED) is 0.541.